The van der Waals surface area contributed by atoms with E-state index in [2.05, 4.69) is 9.97 Å². The van der Waals surface area contributed by atoms with Crippen LogP contribution in [0.15, 0.2) is 46.1 Å². The molecule has 1 saturated carbocycles. The van der Waals surface area contributed by atoms with E-state index in [4.69, 9.17) is 16.0 Å². The molecule has 0 spiro atoms. The first-order valence-electron chi connectivity index (χ1n) is 10.8. The average Bonchev–Trinajstić information content (AvgIpc) is 3.39. The molecule has 0 atom stereocenters. The molecule has 36 heavy (non-hydrogen) atoms. The molecule has 0 radical (unpaired) electrons. The van der Waals surface area contributed by atoms with Crippen molar-refractivity contribution in [2.75, 3.05) is 0 Å². The van der Waals surface area contributed by atoms with Gasteiger partial charge in [0, 0.05) is 10.9 Å². The number of hydrogen-bond acceptors (Lipinski definition) is 6. The lowest BCUT2D eigenvalue weighted by atomic mass is 9.98. The molecule has 1 aliphatic rings. The fraction of sp³-hybridized carbons (Fsp3) is 0.208. The number of aromatic hydroxyl groups is 1. The summed E-state index contributed by atoms with van der Waals surface area (Å²) in [7, 11) is 0. The van der Waals surface area contributed by atoms with E-state index in [1.165, 1.54) is 23.2 Å². The Morgan fingerprint density at radius 2 is 2.03 bits per heavy atom. The van der Waals surface area contributed by atoms with Crippen molar-refractivity contribution in [3.05, 3.63) is 74.9 Å². The second kappa shape index (κ2) is 8.04. The van der Waals surface area contributed by atoms with Crippen LogP contribution in [-0.2, 0) is 12.7 Å². The lowest BCUT2D eigenvalue weighted by Gasteiger charge is -2.17. The van der Waals surface area contributed by atoms with Crippen LogP contribution in [0.4, 0.5) is 17.6 Å². The van der Waals surface area contributed by atoms with E-state index in [0.717, 1.165) is 23.5 Å². The molecular formula is C24H14ClF4N3O3S. The molecule has 6 nitrogen and oxygen atoms in total. The molecule has 0 aliphatic heterocycles. The number of fused-ring (bicyclic) bond motifs is 3. The van der Waals surface area contributed by atoms with Gasteiger partial charge in [-0.2, -0.15) is 13.2 Å². The van der Waals surface area contributed by atoms with Gasteiger partial charge in [0.25, 0.3) is 5.56 Å². The highest BCUT2D eigenvalue weighted by atomic mass is 35.5. The van der Waals surface area contributed by atoms with Gasteiger partial charge in [0.15, 0.2) is 12.1 Å². The summed E-state index contributed by atoms with van der Waals surface area (Å²) in [5.74, 6) is -1.58. The minimum absolute atomic E-state index is 0.00410. The van der Waals surface area contributed by atoms with Gasteiger partial charge in [-0.05, 0) is 42.5 Å². The number of phenols is 1. The molecule has 12 heteroatoms. The number of thiophene rings is 1. The molecule has 1 N–H and O–H groups in total. The van der Waals surface area contributed by atoms with Crippen LogP contribution in [0.5, 0.6) is 5.75 Å². The summed E-state index contributed by atoms with van der Waals surface area (Å²) >= 11 is 7.06. The summed E-state index contributed by atoms with van der Waals surface area (Å²) < 4.78 is 62.1. The summed E-state index contributed by atoms with van der Waals surface area (Å²) in [5, 5.41) is 11.2. The van der Waals surface area contributed by atoms with E-state index in [0.29, 0.717) is 28.7 Å². The topological polar surface area (TPSA) is 81.2 Å². The summed E-state index contributed by atoms with van der Waals surface area (Å²) in [5.41, 5.74) is -1.52. The molecule has 3 aromatic heterocycles. The zero-order chi connectivity index (χ0) is 25.4. The van der Waals surface area contributed by atoms with Gasteiger partial charge in [-0.25, -0.2) is 14.4 Å². The van der Waals surface area contributed by atoms with Crippen molar-refractivity contribution < 1.29 is 27.1 Å². The number of phenolic OH excluding ortho intramolecular Hbond substituents is 1. The standard InChI is InChI=1S/C24H14ClF4N3O3S/c25-16-4-3-12-18-22(36-20(12)19(16)33)31-21(32(23(18)34)8-11-7-30-9-35-11)14-6-17(26)15(24(27,28)29)5-13(14)10-1-2-10/h3-7,9-10,33H,1-2,8H2. The van der Waals surface area contributed by atoms with Crippen molar-refractivity contribution >= 4 is 43.2 Å². The van der Waals surface area contributed by atoms with Crippen LogP contribution < -0.4 is 5.56 Å². The molecule has 1 aliphatic carbocycles. The summed E-state index contributed by atoms with van der Waals surface area (Å²) in [4.78, 5) is 22.5. The van der Waals surface area contributed by atoms with Gasteiger partial charge in [-0.3, -0.25) is 9.36 Å². The Bertz CT molecular complexity index is 1720. The number of hydrogen-bond donors (Lipinski definition) is 1. The van der Waals surface area contributed by atoms with Crippen LogP contribution >= 0.6 is 22.9 Å². The first-order valence-corrected chi connectivity index (χ1v) is 12.0. The zero-order valence-corrected chi connectivity index (χ0v) is 19.6. The maximum atomic E-state index is 14.8. The van der Waals surface area contributed by atoms with Crippen molar-refractivity contribution in [2.45, 2.75) is 31.5 Å². The van der Waals surface area contributed by atoms with E-state index in [1.54, 1.807) is 6.07 Å². The number of rotatable bonds is 4. The van der Waals surface area contributed by atoms with Crippen LogP contribution in [0.25, 0.3) is 31.7 Å². The molecule has 5 aromatic rings. The predicted molar refractivity (Wildman–Crippen MR) is 126 cm³/mol. The van der Waals surface area contributed by atoms with Gasteiger partial charge < -0.3 is 9.52 Å². The van der Waals surface area contributed by atoms with Gasteiger partial charge in [0.05, 0.1) is 33.4 Å². The summed E-state index contributed by atoms with van der Waals surface area (Å²) in [6.07, 6.45) is -1.02. The van der Waals surface area contributed by atoms with Crippen molar-refractivity contribution in [1.82, 2.24) is 14.5 Å². The highest BCUT2D eigenvalue weighted by Crippen LogP contribution is 2.47. The molecule has 3 heterocycles. The first-order chi connectivity index (χ1) is 17.1. The van der Waals surface area contributed by atoms with Crippen LogP contribution in [0, 0.1) is 5.82 Å². The molecule has 6 rings (SSSR count). The number of oxazole rings is 1. The van der Waals surface area contributed by atoms with Crippen molar-refractivity contribution in [2.24, 2.45) is 0 Å². The van der Waals surface area contributed by atoms with E-state index in [-0.39, 0.29) is 50.4 Å². The van der Waals surface area contributed by atoms with E-state index in [9.17, 15) is 27.5 Å². The SMILES string of the molecule is O=c1c2c(nc(-c3cc(F)c(C(F)(F)F)cc3C3CC3)n1Cc1cnco1)sc1c(O)c(Cl)ccc12. The lowest BCUT2D eigenvalue weighted by molar-refractivity contribution is -0.140. The monoisotopic (exact) mass is 535 g/mol. The van der Waals surface area contributed by atoms with Gasteiger partial charge in [0.2, 0.25) is 0 Å². The fourth-order valence-electron chi connectivity index (χ4n) is 4.34. The smallest absolute Gasteiger partial charge is 0.419 e. The quantitative estimate of drug-likeness (QED) is 0.259. The molecule has 184 valence electrons. The second-order valence-corrected chi connectivity index (χ2v) is 9.95. The number of nitrogens with zero attached hydrogens (tertiary/aromatic N) is 3. The zero-order valence-electron chi connectivity index (χ0n) is 18.1. The Morgan fingerprint density at radius 1 is 1.25 bits per heavy atom. The number of benzene rings is 2. The highest BCUT2D eigenvalue weighted by Gasteiger charge is 2.38. The third kappa shape index (κ3) is 3.65. The normalized spacial score (nSPS) is 14.2. The van der Waals surface area contributed by atoms with Crippen molar-refractivity contribution in [3.63, 3.8) is 0 Å². The van der Waals surface area contributed by atoms with E-state index in [1.807, 2.05) is 0 Å². The van der Waals surface area contributed by atoms with Gasteiger partial charge in [0.1, 0.15) is 22.2 Å². The first kappa shape index (κ1) is 23.0. The molecule has 2 aromatic carbocycles. The minimum atomic E-state index is -4.87. The predicted octanol–water partition coefficient (Wildman–Crippen LogP) is 6.71. The number of alkyl halides is 3. The van der Waals surface area contributed by atoms with Crippen molar-refractivity contribution in [3.8, 4) is 17.1 Å². The number of halogens is 5. The summed E-state index contributed by atoms with van der Waals surface area (Å²) in [6, 6.07) is 4.65. The Morgan fingerprint density at radius 3 is 2.69 bits per heavy atom. The highest BCUT2D eigenvalue weighted by molar-refractivity contribution is 7.25. The molecule has 0 saturated heterocycles. The van der Waals surface area contributed by atoms with Crippen LogP contribution in [0.2, 0.25) is 5.02 Å². The lowest BCUT2D eigenvalue weighted by Crippen LogP contribution is -2.24. The van der Waals surface area contributed by atoms with Crippen LogP contribution in [0.3, 0.4) is 0 Å². The Kier molecular flexibility index (Phi) is 5.13. The second-order valence-electron chi connectivity index (χ2n) is 8.54. The Balaban J connectivity index is 1.69. The molecule has 0 bridgehead atoms. The van der Waals surface area contributed by atoms with Crippen LogP contribution in [0.1, 0.15) is 35.6 Å². The largest absolute Gasteiger partial charge is 0.505 e. The van der Waals surface area contributed by atoms with Gasteiger partial charge in [-0.15, -0.1) is 11.3 Å². The maximum absolute atomic E-state index is 14.8. The third-order valence-electron chi connectivity index (χ3n) is 6.19. The molecule has 0 amide bonds. The maximum Gasteiger partial charge on any atom is 0.419 e. The number of aromatic nitrogens is 3. The van der Waals surface area contributed by atoms with E-state index >= 15 is 0 Å². The Labute approximate surface area is 208 Å². The fourth-order valence-corrected chi connectivity index (χ4v) is 5.67. The molecular weight excluding hydrogens is 522 g/mol. The Hall–Kier alpha value is -3.44. The van der Waals surface area contributed by atoms with E-state index < -0.39 is 23.1 Å². The van der Waals surface area contributed by atoms with Crippen LogP contribution in [-0.4, -0.2) is 19.6 Å². The third-order valence-corrected chi connectivity index (χ3v) is 7.60. The van der Waals surface area contributed by atoms with Crippen molar-refractivity contribution in [1.29, 1.82) is 0 Å². The van der Waals surface area contributed by atoms with Gasteiger partial charge in [-0.1, -0.05) is 17.7 Å². The molecule has 1 fully saturated rings. The van der Waals surface area contributed by atoms with Gasteiger partial charge >= 0.3 is 6.18 Å². The minimum Gasteiger partial charge on any atom is -0.505 e. The molecule has 0 unspecified atom stereocenters. The summed E-state index contributed by atoms with van der Waals surface area (Å²) in [6.45, 7) is -0.138. The average molecular weight is 536 g/mol.